The SMILES string of the molecule is Cc1cccc(-c2cccnc2-c2ccc3[nH]cnc3c2)n1. The van der Waals surface area contributed by atoms with Gasteiger partial charge in [0.2, 0.25) is 0 Å². The van der Waals surface area contributed by atoms with E-state index in [-0.39, 0.29) is 0 Å². The summed E-state index contributed by atoms with van der Waals surface area (Å²) in [6.07, 6.45) is 3.51. The van der Waals surface area contributed by atoms with Gasteiger partial charge in [-0.15, -0.1) is 0 Å². The third kappa shape index (κ3) is 2.15. The number of pyridine rings is 2. The van der Waals surface area contributed by atoms with Gasteiger partial charge < -0.3 is 4.98 Å². The van der Waals surface area contributed by atoms with Crippen LogP contribution in [0.1, 0.15) is 5.69 Å². The van der Waals surface area contributed by atoms with Crippen molar-refractivity contribution in [2.45, 2.75) is 6.92 Å². The summed E-state index contributed by atoms with van der Waals surface area (Å²) in [7, 11) is 0. The van der Waals surface area contributed by atoms with Crippen molar-refractivity contribution < 1.29 is 0 Å². The lowest BCUT2D eigenvalue weighted by Gasteiger charge is -2.09. The summed E-state index contributed by atoms with van der Waals surface area (Å²) in [4.78, 5) is 16.6. The second-order valence-corrected chi connectivity index (χ2v) is 5.20. The van der Waals surface area contributed by atoms with Crippen molar-refractivity contribution in [3.63, 3.8) is 0 Å². The number of benzene rings is 1. The predicted molar refractivity (Wildman–Crippen MR) is 87.3 cm³/mol. The predicted octanol–water partition coefficient (Wildman–Crippen LogP) is 4.00. The van der Waals surface area contributed by atoms with Crippen molar-refractivity contribution in [1.29, 1.82) is 0 Å². The number of nitrogens with zero attached hydrogens (tertiary/aromatic N) is 3. The van der Waals surface area contributed by atoms with Crippen LogP contribution in [0, 0.1) is 6.92 Å². The molecule has 0 aliphatic heterocycles. The second kappa shape index (κ2) is 5.07. The van der Waals surface area contributed by atoms with Crippen molar-refractivity contribution in [2.24, 2.45) is 0 Å². The molecule has 4 heteroatoms. The number of nitrogens with one attached hydrogen (secondary N) is 1. The van der Waals surface area contributed by atoms with Crippen LogP contribution in [0.5, 0.6) is 0 Å². The monoisotopic (exact) mass is 286 g/mol. The zero-order valence-electron chi connectivity index (χ0n) is 12.1. The topological polar surface area (TPSA) is 54.5 Å². The van der Waals surface area contributed by atoms with E-state index in [9.17, 15) is 0 Å². The van der Waals surface area contributed by atoms with Crippen LogP contribution in [0.4, 0.5) is 0 Å². The molecular formula is C18H14N4. The van der Waals surface area contributed by atoms with Crippen LogP contribution >= 0.6 is 0 Å². The number of aromatic amines is 1. The zero-order valence-corrected chi connectivity index (χ0v) is 12.1. The molecule has 4 aromatic rings. The Labute approximate surface area is 127 Å². The second-order valence-electron chi connectivity index (χ2n) is 5.20. The minimum atomic E-state index is 0.922. The molecule has 3 aromatic heterocycles. The Kier molecular flexibility index (Phi) is 2.93. The van der Waals surface area contributed by atoms with Crippen LogP contribution in [0.3, 0.4) is 0 Å². The molecule has 0 saturated heterocycles. The standard InChI is InChI=1S/C18H14N4/c1-12-4-2-6-15(22-12)14-5-3-9-19-18(14)13-7-8-16-17(10-13)21-11-20-16/h2-11H,1H3,(H,20,21). The number of rotatable bonds is 2. The first-order valence-electron chi connectivity index (χ1n) is 7.14. The average molecular weight is 286 g/mol. The van der Waals surface area contributed by atoms with Gasteiger partial charge in [0, 0.05) is 23.0 Å². The van der Waals surface area contributed by atoms with Gasteiger partial charge in [0.05, 0.1) is 28.7 Å². The van der Waals surface area contributed by atoms with Gasteiger partial charge in [-0.1, -0.05) is 12.1 Å². The third-order valence-corrected chi connectivity index (χ3v) is 3.67. The highest BCUT2D eigenvalue weighted by Crippen LogP contribution is 2.30. The zero-order chi connectivity index (χ0) is 14.9. The van der Waals surface area contributed by atoms with Gasteiger partial charge in [-0.05, 0) is 43.3 Å². The molecule has 22 heavy (non-hydrogen) atoms. The lowest BCUT2D eigenvalue weighted by atomic mass is 10.0. The smallest absolute Gasteiger partial charge is 0.0931 e. The normalized spacial score (nSPS) is 11.0. The van der Waals surface area contributed by atoms with Crippen molar-refractivity contribution in [3.8, 4) is 22.5 Å². The van der Waals surface area contributed by atoms with Gasteiger partial charge in [0.15, 0.2) is 0 Å². The largest absolute Gasteiger partial charge is 0.345 e. The van der Waals surface area contributed by atoms with E-state index in [0.717, 1.165) is 39.2 Å². The molecule has 106 valence electrons. The molecule has 0 spiro atoms. The Morgan fingerprint density at radius 3 is 2.82 bits per heavy atom. The van der Waals surface area contributed by atoms with E-state index in [0.29, 0.717) is 0 Å². The van der Waals surface area contributed by atoms with Crippen molar-refractivity contribution >= 4 is 11.0 Å². The molecule has 0 radical (unpaired) electrons. The number of imidazole rings is 1. The van der Waals surface area contributed by atoms with Gasteiger partial charge in [0.25, 0.3) is 0 Å². The molecule has 0 saturated carbocycles. The highest BCUT2D eigenvalue weighted by atomic mass is 14.9. The third-order valence-electron chi connectivity index (χ3n) is 3.67. The van der Waals surface area contributed by atoms with E-state index >= 15 is 0 Å². The molecule has 3 heterocycles. The molecule has 0 atom stereocenters. The van der Waals surface area contributed by atoms with E-state index < -0.39 is 0 Å². The fourth-order valence-electron chi connectivity index (χ4n) is 2.61. The van der Waals surface area contributed by atoms with Crippen LogP contribution in [0.15, 0.2) is 61.1 Å². The maximum Gasteiger partial charge on any atom is 0.0931 e. The first-order valence-corrected chi connectivity index (χ1v) is 7.14. The highest BCUT2D eigenvalue weighted by Gasteiger charge is 2.10. The summed E-state index contributed by atoms with van der Waals surface area (Å²) in [6.45, 7) is 2.00. The average Bonchev–Trinajstić information content (AvgIpc) is 3.02. The molecule has 4 nitrogen and oxygen atoms in total. The van der Waals surface area contributed by atoms with Crippen LogP contribution in [-0.2, 0) is 0 Å². The summed E-state index contributed by atoms with van der Waals surface area (Å²) >= 11 is 0. The lowest BCUT2D eigenvalue weighted by Crippen LogP contribution is -1.92. The lowest BCUT2D eigenvalue weighted by molar-refractivity contribution is 1.20. The van der Waals surface area contributed by atoms with Crippen molar-refractivity contribution in [1.82, 2.24) is 19.9 Å². The fourth-order valence-corrected chi connectivity index (χ4v) is 2.61. The molecule has 0 amide bonds. The molecule has 0 unspecified atom stereocenters. The molecule has 1 aromatic carbocycles. The van der Waals surface area contributed by atoms with Crippen LogP contribution in [0.2, 0.25) is 0 Å². The summed E-state index contributed by atoms with van der Waals surface area (Å²) in [5.41, 5.74) is 6.88. The molecular weight excluding hydrogens is 272 g/mol. The Hall–Kier alpha value is -3.01. The van der Waals surface area contributed by atoms with E-state index in [4.69, 9.17) is 0 Å². The Bertz CT molecular complexity index is 956. The fraction of sp³-hybridized carbons (Fsp3) is 0.0556. The van der Waals surface area contributed by atoms with Crippen molar-refractivity contribution in [3.05, 3.63) is 66.7 Å². The van der Waals surface area contributed by atoms with Crippen LogP contribution < -0.4 is 0 Å². The minimum Gasteiger partial charge on any atom is -0.345 e. The van der Waals surface area contributed by atoms with Gasteiger partial charge in [0.1, 0.15) is 0 Å². The van der Waals surface area contributed by atoms with Gasteiger partial charge in [-0.25, -0.2) is 4.98 Å². The van der Waals surface area contributed by atoms with E-state index in [1.165, 1.54) is 0 Å². The van der Waals surface area contributed by atoms with Crippen molar-refractivity contribution in [2.75, 3.05) is 0 Å². The quantitative estimate of drug-likeness (QED) is 0.606. The minimum absolute atomic E-state index is 0.922. The van der Waals surface area contributed by atoms with E-state index in [1.807, 2.05) is 49.5 Å². The maximum atomic E-state index is 4.62. The summed E-state index contributed by atoms with van der Waals surface area (Å²) in [5, 5.41) is 0. The van der Waals surface area contributed by atoms with Crippen LogP contribution in [0.25, 0.3) is 33.5 Å². The van der Waals surface area contributed by atoms with Gasteiger partial charge in [-0.3, -0.25) is 9.97 Å². The number of hydrogen-bond acceptors (Lipinski definition) is 3. The maximum absolute atomic E-state index is 4.62. The number of fused-ring (bicyclic) bond motifs is 1. The number of aryl methyl sites for hydroxylation is 1. The Morgan fingerprint density at radius 1 is 0.955 bits per heavy atom. The number of H-pyrrole nitrogens is 1. The molecule has 1 N–H and O–H groups in total. The first-order chi connectivity index (χ1) is 10.8. The number of hydrogen-bond donors (Lipinski definition) is 1. The highest BCUT2D eigenvalue weighted by molar-refractivity contribution is 5.85. The van der Waals surface area contributed by atoms with E-state index in [1.54, 1.807) is 6.33 Å². The summed E-state index contributed by atoms with van der Waals surface area (Å²) in [6, 6.07) is 16.2. The van der Waals surface area contributed by atoms with Gasteiger partial charge >= 0.3 is 0 Å². The Balaban J connectivity index is 1.92. The summed E-state index contributed by atoms with van der Waals surface area (Å²) in [5.74, 6) is 0. The van der Waals surface area contributed by atoms with Gasteiger partial charge in [-0.2, -0.15) is 0 Å². The summed E-state index contributed by atoms with van der Waals surface area (Å²) < 4.78 is 0. The molecule has 0 aliphatic rings. The molecule has 0 bridgehead atoms. The molecule has 4 rings (SSSR count). The Morgan fingerprint density at radius 2 is 1.91 bits per heavy atom. The molecule has 0 aliphatic carbocycles. The van der Waals surface area contributed by atoms with Crippen LogP contribution in [-0.4, -0.2) is 19.9 Å². The number of aromatic nitrogens is 4. The molecule has 0 fully saturated rings. The first kappa shape index (κ1) is 12.7. The van der Waals surface area contributed by atoms with E-state index in [2.05, 4.69) is 32.1 Å².